The van der Waals surface area contributed by atoms with Crippen molar-refractivity contribution in [3.8, 4) is 11.3 Å². The molecule has 0 amide bonds. The Morgan fingerprint density at radius 3 is 2.46 bits per heavy atom. The highest BCUT2D eigenvalue weighted by Crippen LogP contribution is 2.48. The fourth-order valence-corrected chi connectivity index (χ4v) is 5.55. The number of carbonyl (C=O) groups is 1. The molecule has 1 heterocycles. The molecule has 0 unspecified atom stereocenters. The molecule has 3 aromatic carbocycles. The normalized spacial score (nSPS) is 13.3. The quantitative estimate of drug-likeness (QED) is 0.161. The summed E-state index contributed by atoms with van der Waals surface area (Å²) < 4.78 is 38.7. The standard InChI is InChI=1S/C27H22BrCl2NO5S/c1-2-35-27(32)25-20-12-19(16-4-5-16)23(13-24(20)36-26(25)17-6-8-18(29)9-7-17)31(37(33)34)14-15-3-10-21(28)22(30)11-15/h3,6-13,16,37H,2,4-5,14H2,1H3. The van der Waals surface area contributed by atoms with Crippen LogP contribution in [0.3, 0.4) is 0 Å². The van der Waals surface area contributed by atoms with Gasteiger partial charge in [0.25, 0.3) is 0 Å². The summed E-state index contributed by atoms with van der Waals surface area (Å²) in [4.78, 5) is 13.1. The van der Waals surface area contributed by atoms with Gasteiger partial charge in [0.2, 0.25) is 10.9 Å². The van der Waals surface area contributed by atoms with Crippen molar-refractivity contribution in [3.05, 3.63) is 85.8 Å². The smallest absolute Gasteiger partial charge is 0.342 e. The van der Waals surface area contributed by atoms with E-state index in [0.717, 1.165) is 28.4 Å². The summed E-state index contributed by atoms with van der Waals surface area (Å²) in [5.74, 6) is 0.0352. The second kappa shape index (κ2) is 10.7. The van der Waals surface area contributed by atoms with E-state index in [1.165, 1.54) is 4.31 Å². The first-order valence-corrected chi connectivity index (χ1v) is 14.3. The zero-order valence-electron chi connectivity index (χ0n) is 19.7. The highest BCUT2D eigenvalue weighted by atomic mass is 79.9. The predicted molar refractivity (Wildman–Crippen MR) is 150 cm³/mol. The Balaban J connectivity index is 1.69. The molecule has 0 atom stereocenters. The Bertz CT molecular complexity index is 1570. The zero-order valence-corrected chi connectivity index (χ0v) is 23.7. The summed E-state index contributed by atoms with van der Waals surface area (Å²) in [6, 6.07) is 15.9. The number of rotatable bonds is 8. The van der Waals surface area contributed by atoms with Gasteiger partial charge in [0.15, 0.2) is 0 Å². The van der Waals surface area contributed by atoms with Crippen molar-refractivity contribution in [2.24, 2.45) is 0 Å². The van der Waals surface area contributed by atoms with Crippen LogP contribution in [0.5, 0.6) is 0 Å². The van der Waals surface area contributed by atoms with Gasteiger partial charge in [-0.05, 0) is 95.2 Å². The molecule has 37 heavy (non-hydrogen) atoms. The van der Waals surface area contributed by atoms with E-state index in [1.54, 1.807) is 49.4 Å². The van der Waals surface area contributed by atoms with E-state index in [4.69, 9.17) is 32.4 Å². The minimum absolute atomic E-state index is 0.104. The maximum absolute atomic E-state index is 13.1. The number of ether oxygens (including phenoxy) is 1. The van der Waals surface area contributed by atoms with Crippen molar-refractivity contribution in [2.45, 2.75) is 32.2 Å². The van der Waals surface area contributed by atoms with Crippen molar-refractivity contribution in [3.63, 3.8) is 0 Å². The molecule has 10 heteroatoms. The van der Waals surface area contributed by atoms with Crippen LogP contribution in [-0.4, -0.2) is 21.0 Å². The maximum atomic E-state index is 13.1. The summed E-state index contributed by atoms with van der Waals surface area (Å²) >= 11 is 15.7. The van der Waals surface area contributed by atoms with Crippen LogP contribution in [0.1, 0.15) is 47.2 Å². The molecule has 1 saturated carbocycles. The molecule has 6 nitrogen and oxygen atoms in total. The molecule has 5 rings (SSSR count). The van der Waals surface area contributed by atoms with Gasteiger partial charge < -0.3 is 9.15 Å². The van der Waals surface area contributed by atoms with Crippen LogP contribution < -0.4 is 4.31 Å². The van der Waals surface area contributed by atoms with E-state index in [0.29, 0.717) is 43.6 Å². The van der Waals surface area contributed by atoms with E-state index in [9.17, 15) is 13.2 Å². The first-order valence-electron chi connectivity index (χ1n) is 11.7. The van der Waals surface area contributed by atoms with Gasteiger partial charge in [0, 0.05) is 26.5 Å². The van der Waals surface area contributed by atoms with Gasteiger partial charge in [-0.2, -0.15) is 0 Å². The molecule has 0 radical (unpaired) electrons. The SMILES string of the molecule is CCOC(=O)c1c(-c2ccc(Cl)cc2)oc2cc(N(Cc3ccc(Br)c(Cl)c3)[SH](=O)=O)c(C3CC3)cc12. The van der Waals surface area contributed by atoms with Crippen LogP contribution in [0.25, 0.3) is 22.3 Å². The van der Waals surface area contributed by atoms with Crippen molar-refractivity contribution in [1.29, 1.82) is 0 Å². The number of furan rings is 1. The molecule has 0 aliphatic heterocycles. The molecule has 1 aliphatic rings. The molecular formula is C27H22BrCl2NO5S. The minimum Gasteiger partial charge on any atom is -0.462 e. The highest BCUT2D eigenvalue weighted by molar-refractivity contribution is 9.10. The van der Waals surface area contributed by atoms with Crippen molar-refractivity contribution in [2.75, 3.05) is 10.9 Å². The van der Waals surface area contributed by atoms with E-state index in [2.05, 4.69) is 15.9 Å². The Kier molecular flexibility index (Phi) is 7.54. The lowest BCUT2D eigenvalue weighted by Crippen LogP contribution is -2.22. The Labute approximate surface area is 234 Å². The molecule has 0 saturated heterocycles. The molecular weight excluding hydrogens is 601 g/mol. The molecule has 4 aromatic rings. The summed E-state index contributed by atoms with van der Waals surface area (Å²) in [5.41, 5.74) is 3.48. The van der Waals surface area contributed by atoms with Crippen molar-refractivity contribution < 1.29 is 22.4 Å². The Morgan fingerprint density at radius 2 is 1.84 bits per heavy atom. The predicted octanol–water partition coefficient (Wildman–Crippen LogP) is 7.76. The van der Waals surface area contributed by atoms with Crippen LogP contribution in [0, 0.1) is 0 Å². The number of halogens is 3. The molecule has 0 spiro atoms. The van der Waals surface area contributed by atoms with Gasteiger partial charge >= 0.3 is 5.97 Å². The number of hydrogen-bond acceptors (Lipinski definition) is 5. The number of carbonyl (C=O) groups excluding carboxylic acids is 1. The van der Waals surface area contributed by atoms with Gasteiger partial charge in [0.05, 0.1) is 23.9 Å². The summed E-state index contributed by atoms with van der Waals surface area (Å²) in [6.07, 6.45) is 1.87. The largest absolute Gasteiger partial charge is 0.462 e. The fourth-order valence-electron chi connectivity index (χ4n) is 4.35. The van der Waals surface area contributed by atoms with Gasteiger partial charge in [-0.3, -0.25) is 4.31 Å². The van der Waals surface area contributed by atoms with E-state index >= 15 is 0 Å². The monoisotopic (exact) mass is 621 g/mol. The molecule has 0 bridgehead atoms. The topological polar surface area (TPSA) is 76.8 Å². The Morgan fingerprint density at radius 1 is 1.11 bits per heavy atom. The highest BCUT2D eigenvalue weighted by Gasteiger charge is 2.32. The van der Waals surface area contributed by atoms with Crippen LogP contribution in [0.15, 0.2) is 63.5 Å². The van der Waals surface area contributed by atoms with Crippen molar-refractivity contribution >= 4 is 72.6 Å². The van der Waals surface area contributed by atoms with Crippen molar-refractivity contribution in [1.82, 2.24) is 0 Å². The number of thiol groups is 1. The van der Waals surface area contributed by atoms with E-state index < -0.39 is 16.9 Å². The lowest BCUT2D eigenvalue weighted by Gasteiger charge is -2.21. The molecule has 1 fully saturated rings. The number of esters is 1. The third kappa shape index (κ3) is 5.39. The summed E-state index contributed by atoms with van der Waals surface area (Å²) in [5, 5.41) is 1.63. The van der Waals surface area contributed by atoms with E-state index in [1.807, 2.05) is 12.1 Å². The number of nitrogens with zero attached hydrogens (tertiary/aromatic N) is 1. The molecule has 192 valence electrons. The first kappa shape index (κ1) is 26.1. The lowest BCUT2D eigenvalue weighted by molar-refractivity contribution is 0.0528. The van der Waals surface area contributed by atoms with Gasteiger partial charge in [0.1, 0.15) is 16.9 Å². The fraction of sp³-hybridized carbons (Fsp3) is 0.222. The van der Waals surface area contributed by atoms with Gasteiger partial charge in [-0.1, -0.05) is 29.3 Å². The van der Waals surface area contributed by atoms with Crippen LogP contribution in [-0.2, 0) is 22.2 Å². The Hall–Kier alpha value is -2.52. The summed E-state index contributed by atoms with van der Waals surface area (Å²) in [7, 11) is -2.99. The molecule has 0 N–H and O–H groups in total. The third-order valence-electron chi connectivity index (χ3n) is 6.23. The average Bonchev–Trinajstić information content (AvgIpc) is 3.64. The van der Waals surface area contributed by atoms with E-state index in [-0.39, 0.29) is 19.1 Å². The second-order valence-corrected chi connectivity index (χ2v) is 11.4. The number of hydrogen-bond donors (Lipinski definition) is 1. The van der Waals surface area contributed by atoms with Crippen LogP contribution in [0.4, 0.5) is 5.69 Å². The lowest BCUT2D eigenvalue weighted by atomic mass is 10.0. The van der Waals surface area contributed by atoms with Gasteiger partial charge in [-0.15, -0.1) is 0 Å². The number of benzene rings is 3. The maximum Gasteiger partial charge on any atom is 0.342 e. The summed E-state index contributed by atoms with van der Waals surface area (Å²) in [6.45, 7) is 2.05. The van der Waals surface area contributed by atoms with Gasteiger partial charge in [-0.25, -0.2) is 13.2 Å². The zero-order chi connectivity index (χ0) is 26.3. The third-order valence-corrected chi connectivity index (χ3v) is 8.47. The van der Waals surface area contributed by atoms with Crippen LogP contribution in [0.2, 0.25) is 10.0 Å². The first-order chi connectivity index (χ1) is 17.8. The van der Waals surface area contributed by atoms with Crippen LogP contribution >= 0.6 is 39.1 Å². The minimum atomic E-state index is -2.99. The average molecular weight is 623 g/mol. The number of fused-ring (bicyclic) bond motifs is 1. The molecule has 1 aliphatic carbocycles. The molecule has 1 aromatic heterocycles. The second-order valence-electron chi connectivity index (χ2n) is 8.76. The number of anilines is 1.